The first-order valence-electron chi connectivity index (χ1n) is 5.08. The van der Waals surface area contributed by atoms with E-state index in [1.165, 1.54) is 0 Å². The van der Waals surface area contributed by atoms with Crippen molar-refractivity contribution in [1.82, 2.24) is 4.67 Å². The molecule has 0 aromatic carbocycles. The number of nitrogens with zero attached hydrogens (tertiary/aromatic N) is 1. The third-order valence-corrected chi connectivity index (χ3v) is 5.81. The minimum atomic E-state index is -2.14. The van der Waals surface area contributed by atoms with E-state index in [0.29, 0.717) is 13.2 Å². The highest BCUT2D eigenvalue weighted by Gasteiger charge is 2.36. The standard InChI is InChI=1S/C9H20NO2PS/c1-5-10(6-2)13(14)11-7-9(3,4)8-12-13/h5-8H2,1-4H3. The summed E-state index contributed by atoms with van der Waals surface area (Å²) in [6, 6.07) is 0. The molecule has 1 fully saturated rings. The molecule has 1 aliphatic rings. The van der Waals surface area contributed by atoms with E-state index in [2.05, 4.69) is 32.4 Å². The van der Waals surface area contributed by atoms with Gasteiger partial charge in [-0.15, -0.1) is 0 Å². The van der Waals surface area contributed by atoms with Crippen LogP contribution in [0.3, 0.4) is 0 Å². The van der Waals surface area contributed by atoms with Crippen molar-refractivity contribution in [2.24, 2.45) is 5.41 Å². The van der Waals surface area contributed by atoms with Gasteiger partial charge in [0, 0.05) is 18.5 Å². The molecule has 14 heavy (non-hydrogen) atoms. The molecular weight excluding hydrogens is 217 g/mol. The Morgan fingerprint density at radius 1 is 1.21 bits per heavy atom. The SMILES string of the molecule is CCN(CC)P1(=S)OCC(C)(C)CO1. The van der Waals surface area contributed by atoms with Crippen LogP contribution in [0.15, 0.2) is 0 Å². The fraction of sp³-hybridized carbons (Fsp3) is 1.00. The summed E-state index contributed by atoms with van der Waals surface area (Å²) in [7, 11) is 0. The van der Waals surface area contributed by atoms with Gasteiger partial charge in [-0.1, -0.05) is 27.7 Å². The molecule has 0 amide bonds. The van der Waals surface area contributed by atoms with Crippen LogP contribution in [0.4, 0.5) is 0 Å². The first-order chi connectivity index (χ1) is 6.43. The highest BCUT2D eigenvalue weighted by Crippen LogP contribution is 2.56. The van der Waals surface area contributed by atoms with Crippen LogP contribution in [0.5, 0.6) is 0 Å². The molecule has 1 rings (SSSR count). The highest BCUT2D eigenvalue weighted by molar-refractivity contribution is 8.08. The number of hydrogen-bond donors (Lipinski definition) is 0. The van der Waals surface area contributed by atoms with Gasteiger partial charge >= 0.3 is 0 Å². The van der Waals surface area contributed by atoms with Gasteiger partial charge in [0.05, 0.1) is 13.2 Å². The van der Waals surface area contributed by atoms with Crippen molar-refractivity contribution in [2.45, 2.75) is 27.7 Å². The lowest BCUT2D eigenvalue weighted by molar-refractivity contribution is 0.0438. The van der Waals surface area contributed by atoms with Crippen LogP contribution < -0.4 is 0 Å². The van der Waals surface area contributed by atoms with Crippen molar-refractivity contribution in [3.63, 3.8) is 0 Å². The number of rotatable bonds is 3. The van der Waals surface area contributed by atoms with Crippen LogP contribution in [0.2, 0.25) is 0 Å². The minimum absolute atomic E-state index is 0.107. The Bertz CT molecular complexity index is 227. The fourth-order valence-electron chi connectivity index (χ4n) is 1.32. The van der Waals surface area contributed by atoms with Crippen LogP contribution in [0.25, 0.3) is 0 Å². The van der Waals surface area contributed by atoms with Crippen molar-refractivity contribution in [3.05, 3.63) is 0 Å². The maximum Gasteiger partial charge on any atom is 0.263 e. The van der Waals surface area contributed by atoms with Crippen LogP contribution in [0, 0.1) is 5.41 Å². The van der Waals surface area contributed by atoms with Crippen molar-refractivity contribution >= 4 is 18.4 Å². The molecule has 0 aromatic rings. The van der Waals surface area contributed by atoms with Gasteiger partial charge < -0.3 is 9.05 Å². The topological polar surface area (TPSA) is 21.7 Å². The molecule has 0 atom stereocenters. The first kappa shape index (κ1) is 12.6. The monoisotopic (exact) mass is 237 g/mol. The Morgan fingerprint density at radius 3 is 2.00 bits per heavy atom. The van der Waals surface area contributed by atoms with E-state index in [0.717, 1.165) is 13.1 Å². The Balaban J connectivity index is 2.66. The molecule has 1 heterocycles. The molecule has 0 N–H and O–H groups in total. The summed E-state index contributed by atoms with van der Waals surface area (Å²) < 4.78 is 13.6. The second-order valence-corrected chi connectivity index (χ2v) is 7.72. The van der Waals surface area contributed by atoms with E-state index in [-0.39, 0.29) is 5.41 Å². The molecule has 3 nitrogen and oxygen atoms in total. The predicted octanol–water partition coefficient (Wildman–Crippen LogP) is 2.63. The molecule has 0 saturated carbocycles. The zero-order valence-corrected chi connectivity index (χ0v) is 11.2. The van der Waals surface area contributed by atoms with Crippen molar-refractivity contribution in [1.29, 1.82) is 0 Å². The van der Waals surface area contributed by atoms with E-state index in [9.17, 15) is 0 Å². The normalized spacial score (nSPS) is 25.2. The highest BCUT2D eigenvalue weighted by atomic mass is 32.5. The molecule has 0 aliphatic carbocycles. The van der Waals surface area contributed by atoms with Gasteiger partial charge in [-0.3, -0.25) is 0 Å². The van der Waals surface area contributed by atoms with E-state index in [1.807, 2.05) is 0 Å². The van der Waals surface area contributed by atoms with Crippen LogP contribution >= 0.6 is 6.64 Å². The zero-order valence-electron chi connectivity index (χ0n) is 9.45. The molecule has 0 unspecified atom stereocenters. The summed E-state index contributed by atoms with van der Waals surface area (Å²) in [5, 5.41) is 0. The Hall–Kier alpha value is 0.530. The van der Waals surface area contributed by atoms with Gasteiger partial charge in [-0.2, -0.15) is 0 Å². The second kappa shape index (κ2) is 4.58. The summed E-state index contributed by atoms with van der Waals surface area (Å²) in [5.41, 5.74) is 0.107. The smallest absolute Gasteiger partial charge is 0.263 e. The third-order valence-electron chi connectivity index (χ3n) is 2.31. The molecule has 5 heteroatoms. The molecule has 84 valence electrons. The summed E-state index contributed by atoms with van der Waals surface area (Å²) >= 11 is 5.47. The second-order valence-electron chi connectivity index (χ2n) is 4.32. The van der Waals surface area contributed by atoms with Crippen LogP contribution in [-0.2, 0) is 20.9 Å². The summed E-state index contributed by atoms with van der Waals surface area (Å²) in [6.07, 6.45) is 0. The number of hydrogen-bond acceptors (Lipinski definition) is 3. The summed E-state index contributed by atoms with van der Waals surface area (Å²) in [4.78, 5) is 0. The van der Waals surface area contributed by atoms with Crippen molar-refractivity contribution < 1.29 is 9.05 Å². The predicted molar refractivity (Wildman–Crippen MR) is 62.9 cm³/mol. The molecule has 0 spiro atoms. The summed E-state index contributed by atoms with van der Waals surface area (Å²) in [5.74, 6) is 0. The molecule has 1 saturated heterocycles. The Morgan fingerprint density at radius 2 is 1.64 bits per heavy atom. The first-order valence-corrected chi connectivity index (χ1v) is 7.67. The molecule has 0 bridgehead atoms. The van der Waals surface area contributed by atoms with Gasteiger partial charge in [-0.05, 0) is 11.8 Å². The zero-order chi connectivity index (χ0) is 10.8. The summed E-state index contributed by atoms with van der Waals surface area (Å²) in [6.45, 7) is 9.52. The molecule has 1 aliphatic heterocycles. The van der Waals surface area contributed by atoms with Gasteiger partial charge in [-0.25, -0.2) is 4.67 Å². The molecular formula is C9H20NO2PS. The Kier molecular flexibility index (Phi) is 4.12. The maximum atomic E-state index is 5.75. The van der Waals surface area contributed by atoms with Crippen LogP contribution in [-0.4, -0.2) is 31.0 Å². The van der Waals surface area contributed by atoms with Gasteiger partial charge in [0.1, 0.15) is 0 Å². The average molecular weight is 237 g/mol. The lowest BCUT2D eigenvalue weighted by Crippen LogP contribution is -2.34. The molecule has 0 radical (unpaired) electrons. The Labute approximate surface area is 92.0 Å². The van der Waals surface area contributed by atoms with Crippen LogP contribution in [0.1, 0.15) is 27.7 Å². The minimum Gasteiger partial charge on any atom is -0.317 e. The molecule has 0 aromatic heterocycles. The maximum absolute atomic E-state index is 5.75. The van der Waals surface area contributed by atoms with Crippen molar-refractivity contribution in [3.8, 4) is 0 Å². The third kappa shape index (κ3) is 2.77. The largest absolute Gasteiger partial charge is 0.317 e. The quantitative estimate of drug-likeness (QED) is 0.703. The van der Waals surface area contributed by atoms with Gasteiger partial charge in [0.15, 0.2) is 0 Å². The van der Waals surface area contributed by atoms with E-state index in [4.69, 9.17) is 20.9 Å². The van der Waals surface area contributed by atoms with E-state index in [1.54, 1.807) is 0 Å². The van der Waals surface area contributed by atoms with Gasteiger partial charge in [0.25, 0.3) is 6.64 Å². The average Bonchev–Trinajstić information content (AvgIpc) is 2.13. The fourth-order valence-corrected chi connectivity index (χ4v) is 4.45. The van der Waals surface area contributed by atoms with E-state index < -0.39 is 6.64 Å². The van der Waals surface area contributed by atoms with Gasteiger partial charge in [0.2, 0.25) is 0 Å². The lowest BCUT2D eigenvalue weighted by atomic mass is 9.97. The van der Waals surface area contributed by atoms with E-state index >= 15 is 0 Å². The van der Waals surface area contributed by atoms with Crippen molar-refractivity contribution in [2.75, 3.05) is 26.3 Å². The lowest BCUT2D eigenvalue weighted by Gasteiger charge is -2.40.